The first kappa shape index (κ1) is 15.2. The molecule has 0 atom stereocenters. The van der Waals surface area contributed by atoms with Gasteiger partial charge in [-0.05, 0) is 36.8 Å². The first-order valence-corrected chi connectivity index (χ1v) is 7.70. The second-order valence-electron chi connectivity index (χ2n) is 4.52. The van der Waals surface area contributed by atoms with Gasteiger partial charge in [-0.1, -0.05) is 53.0 Å². The normalized spacial score (nSPS) is 10.5. The van der Waals surface area contributed by atoms with Crippen LogP contribution in [-0.4, -0.2) is 16.4 Å². The average Bonchev–Trinajstić information content (AvgIpc) is 2.37. The summed E-state index contributed by atoms with van der Waals surface area (Å²) in [5, 5.41) is 9.82. The number of benzene rings is 1. The van der Waals surface area contributed by atoms with Crippen LogP contribution in [0.3, 0.4) is 0 Å². The van der Waals surface area contributed by atoms with Crippen molar-refractivity contribution in [2.75, 3.05) is 5.33 Å². The van der Waals surface area contributed by atoms with Crippen LogP contribution in [0.1, 0.15) is 43.2 Å². The zero-order chi connectivity index (χ0) is 13.2. The minimum absolute atomic E-state index is 0.223. The molecule has 0 amide bonds. The minimum Gasteiger partial charge on any atom is -0.481 e. The lowest BCUT2D eigenvalue weighted by Gasteiger charge is -2.08. The average molecular weight is 313 g/mol. The van der Waals surface area contributed by atoms with Crippen molar-refractivity contribution in [2.45, 2.75) is 44.9 Å². The van der Waals surface area contributed by atoms with E-state index in [4.69, 9.17) is 5.11 Å². The van der Waals surface area contributed by atoms with Crippen LogP contribution < -0.4 is 0 Å². The van der Waals surface area contributed by atoms with Crippen LogP contribution >= 0.6 is 15.9 Å². The maximum atomic E-state index is 10.6. The van der Waals surface area contributed by atoms with Gasteiger partial charge in [0.2, 0.25) is 0 Å². The standard InChI is InChI=1S/C15H21BrO2/c16-12-6-2-1-3-7-13-8-4-5-9-14(13)10-11-15(17)18/h4-5,8-9H,1-3,6-7,10-12H2,(H,17,18). The van der Waals surface area contributed by atoms with Crippen molar-refractivity contribution in [3.63, 3.8) is 0 Å². The van der Waals surface area contributed by atoms with Gasteiger partial charge >= 0.3 is 5.97 Å². The minimum atomic E-state index is -0.720. The predicted molar refractivity (Wildman–Crippen MR) is 78.4 cm³/mol. The fourth-order valence-electron chi connectivity index (χ4n) is 2.05. The molecule has 2 nitrogen and oxygen atoms in total. The number of halogens is 1. The number of hydrogen-bond donors (Lipinski definition) is 1. The summed E-state index contributed by atoms with van der Waals surface area (Å²) in [5.74, 6) is -0.720. The third-order valence-corrected chi connectivity index (χ3v) is 3.62. The third-order valence-electron chi connectivity index (χ3n) is 3.06. The fourth-order valence-corrected chi connectivity index (χ4v) is 2.45. The third kappa shape index (κ3) is 6.20. The molecule has 0 aliphatic rings. The first-order valence-electron chi connectivity index (χ1n) is 6.58. The summed E-state index contributed by atoms with van der Waals surface area (Å²) in [4.78, 5) is 10.6. The molecule has 0 fully saturated rings. The molecule has 0 saturated heterocycles. The Bertz CT molecular complexity index is 363. The number of aryl methyl sites for hydroxylation is 2. The Morgan fingerprint density at radius 2 is 1.61 bits per heavy atom. The van der Waals surface area contributed by atoms with Crippen LogP contribution in [0.25, 0.3) is 0 Å². The summed E-state index contributed by atoms with van der Waals surface area (Å²) in [6.45, 7) is 0. The Labute approximate surface area is 118 Å². The van der Waals surface area contributed by atoms with Gasteiger partial charge in [0.05, 0.1) is 0 Å². The van der Waals surface area contributed by atoms with Gasteiger partial charge in [-0.25, -0.2) is 0 Å². The topological polar surface area (TPSA) is 37.3 Å². The Morgan fingerprint density at radius 1 is 1.00 bits per heavy atom. The number of alkyl halides is 1. The summed E-state index contributed by atoms with van der Waals surface area (Å²) >= 11 is 3.44. The molecule has 0 saturated carbocycles. The molecule has 1 N–H and O–H groups in total. The van der Waals surface area contributed by atoms with Crippen molar-refractivity contribution in [1.82, 2.24) is 0 Å². The lowest BCUT2D eigenvalue weighted by molar-refractivity contribution is -0.136. The SMILES string of the molecule is O=C(O)CCc1ccccc1CCCCCCBr. The zero-order valence-electron chi connectivity index (χ0n) is 10.7. The smallest absolute Gasteiger partial charge is 0.303 e. The van der Waals surface area contributed by atoms with Gasteiger partial charge in [0, 0.05) is 11.8 Å². The molecule has 1 rings (SSSR count). The monoisotopic (exact) mass is 312 g/mol. The maximum Gasteiger partial charge on any atom is 0.303 e. The molecule has 0 heterocycles. The van der Waals surface area contributed by atoms with E-state index in [2.05, 4.69) is 28.1 Å². The molecule has 0 aromatic heterocycles. The second kappa shape index (κ2) is 9.15. The van der Waals surface area contributed by atoms with E-state index in [1.165, 1.54) is 36.8 Å². The summed E-state index contributed by atoms with van der Waals surface area (Å²) in [6.07, 6.45) is 6.88. The van der Waals surface area contributed by atoms with Crippen molar-refractivity contribution in [3.8, 4) is 0 Å². The Kier molecular flexibility index (Phi) is 7.74. The highest BCUT2D eigenvalue weighted by Gasteiger charge is 2.04. The first-order chi connectivity index (χ1) is 8.74. The quantitative estimate of drug-likeness (QED) is 0.548. The Balaban J connectivity index is 2.41. The van der Waals surface area contributed by atoms with E-state index in [-0.39, 0.29) is 6.42 Å². The van der Waals surface area contributed by atoms with Crippen molar-refractivity contribution in [3.05, 3.63) is 35.4 Å². The number of carbonyl (C=O) groups is 1. The van der Waals surface area contributed by atoms with Crippen LogP contribution in [0.5, 0.6) is 0 Å². The van der Waals surface area contributed by atoms with Crippen LogP contribution in [0.2, 0.25) is 0 Å². The van der Waals surface area contributed by atoms with Crippen molar-refractivity contribution in [1.29, 1.82) is 0 Å². The van der Waals surface area contributed by atoms with Crippen LogP contribution in [0.4, 0.5) is 0 Å². The van der Waals surface area contributed by atoms with Gasteiger partial charge in [-0.15, -0.1) is 0 Å². The van der Waals surface area contributed by atoms with Crippen LogP contribution in [-0.2, 0) is 17.6 Å². The van der Waals surface area contributed by atoms with Gasteiger partial charge in [0.1, 0.15) is 0 Å². The van der Waals surface area contributed by atoms with Gasteiger partial charge in [-0.3, -0.25) is 4.79 Å². The molecule has 1 aromatic rings. The molecular formula is C15H21BrO2. The van der Waals surface area contributed by atoms with Crippen molar-refractivity contribution in [2.24, 2.45) is 0 Å². The number of unbranched alkanes of at least 4 members (excludes halogenated alkanes) is 3. The van der Waals surface area contributed by atoms with E-state index in [0.29, 0.717) is 6.42 Å². The number of carboxylic acid groups (broad SMARTS) is 1. The predicted octanol–water partition coefficient (Wildman–Crippen LogP) is 4.20. The van der Waals surface area contributed by atoms with Gasteiger partial charge in [0.15, 0.2) is 0 Å². The molecule has 0 aliphatic carbocycles. The van der Waals surface area contributed by atoms with Crippen LogP contribution in [0, 0.1) is 0 Å². The van der Waals surface area contributed by atoms with Crippen molar-refractivity contribution < 1.29 is 9.90 Å². The van der Waals surface area contributed by atoms with Crippen molar-refractivity contribution >= 4 is 21.9 Å². The Morgan fingerprint density at radius 3 is 2.22 bits per heavy atom. The van der Waals surface area contributed by atoms with Gasteiger partial charge < -0.3 is 5.11 Å². The number of carboxylic acids is 1. The summed E-state index contributed by atoms with van der Waals surface area (Å²) in [5.41, 5.74) is 2.51. The molecule has 1 aromatic carbocycles. The molecule has 0 aliphatic heterocycles. The van der Waals surface area contributed by atoms with E-state index in [9.17, 15) is 4.79 Å². The van der Waals surface area contributed by atoms with Gasteiger partial charge in [0.25, 0.3) is 0 Å². The van der Waals surface area contributed by atoms with E-state index in [1.54, 1.807) is 0 Å². The molecule has 3 heteroatoms. The molecular weight excluding hydrogens is 292 g/mol. The molecule has 0 bridgehead atoms. The number of hydrogen-bond acceptors (Lipinski definition) is 1. The maximum absolute atomic E-state index is 10.6. The lowest BCUT2D eigenvalue weighted by atomic mass is 9.98. The number of rotatable bonds is 9. The molecule has 18 heavy (non-hydrogen) atoms. The fraction of sp³-hybridized carbons (Fsp3) is 0.533. The zero-order valence-corrected chi connectivity index (χ0v) is 12.3. The van der Waals surface area contributed by atoms with E-state index >= 15 is 0 Å². The Hall–Kier alpha value is -0.830. The summed E-state index contributed by atoms with van der Waals surface area (Å²) in [7, 11) is 0. The highest BCUT2D eigenvalue weighted by Crippen LogP contribution is 2.15. The van der Waals surface area contributed by atoms with E-state index in [0.717, 1.165) is 11.8 Å². The molecule has 0 spiro atoms. The van der Waals surface area contributed by atoms with E-state index in [1.807, 2.05) is 12.1 Å². The largest absolute Gasteiger partial charge is 0.481 e. The van der Waals surface area contributed by atoms with E-state index < -0.39 is 5.97 Å². The molecule has 0 unspecified atom stereocenters. The van der Waals surface area contributed by atoms with Gasteiger partial charge in [-0.2, -0.15) is 0 Å². The van der Waals surface area contributed by atoms with Crippen LogP contribution in [0.15, 0.2) is 24.3 Å². The summed E-state index contributed by atoms with van der Waals surface area (Å²) in [6, 6.07) is 8.21. The lowest BCUT2D eigenvalue weighted by Crippen LogP contribution is -2.00. The highest BCUT2D eigenvalue weighted by atomic mass is 79.9. The second-order valence-corrected chi connectivity index (χ2v) is 5.31. The number of aliphatic carboxylic acids is 1. The summed E-state index contributed by atoms with van der Waals surface area (Å²) < 4.78 is 0. The molecule has 100 valence electrons. The molecule has 0 radical (unpaired) electrons. The highest BCUT2D eigenvalue weighted by molar-refractivity contribution is 9.09.